The Morgan fingerprint density at radius 2 is 1.86 bits per heavy atom. The number of benzene rings is 2. The molecule has 0 saturated carbocycles. The summed E-state index contributed by atoms with van der Waals surface area (Å²) in [6, 6.07) is 17.9. The van der Waals surface area contributed by atoms with E-state index in [0.717, 1.165) is 79.5 Å². The standard InChI is InChI=1S/C33H41N3O4S.HI/c1-4-15-33(2,3)32(38)40-24-36(19-16-35(17-20-36)29-8-7-9-30-27(29)14-22-41-30)18-5-6-21-39-26-12-10-25-11-13-31(37)34-28(25)23-26;/h7-14,22-23H,4-6,15-21,24H2,1-3H3;1H. The van der Waals surface area contributed by atoms with Gasteiger partial charge in [0.25, 0.3) is 0 Å². The minimum Gasteiger partial charge on any atom is -1.00 e. The highest BCUT2D eigenvalue weighted by atomic mass is 127. The number of aromatic nitrogens is 1. The first-order valence-electron chi connectivity index (χ1n) is 14.8. The molecule has 0 spiro atoms. The van der Waals surface area contributed by atoms with E-state index >= 15 is 0 Å². The summed E-state index contributed by atoms with van der Waals surface area (Å²) < 4.78 is 14.2. The second-order valence-electron chi connectivity index (χ2n) is 11.9. The van der Waals surface area contributed by atoms with E-state index in [-0.39, 0.29) is 35.5 Å². The highest BCUT2D eigenvalue weighted by Crippen LogP contribution is 2.32. The minimum absolute atomic E-state index is 0. The lowest BCUT2D eigenvalue weighted by Gasteiger charge is -2.45. The molecular formula is C33H42IN3O4S. The van der Waals surface area contributed by atoms with Crippen LogP contribution in [-0.4, -0.2) is 61.5 Å². The fourth-order valence-corrected chi connectivity index (χ4v) is 6.68. The van der Waals surface area contributed by atoms with E-state index in [9.17, 15) is 9.59 Å². The number of fused-ring (bicyclic) bond motifs is 2. The van der Waals surface area contributed by atoms with E-state index in [1.54, 1.807) is 11.3 Å². The molecule has 0 bridgehead atoms. The van der Waals surface area contributed by atoms with Crippen molar-refractivity contribution in [2.24, 2.45) is 5.41 Å². The number of nitrogens with one attached hydrogen (secondary N) is 1. The van der Waals surface area contributed by atoms with E-state index in [2.05, 4.69) is 46.5 Å². The molecule has 0 atom stereocenters. The number of H-pyrrole nitrogens is 1. The maximum absolute atomic E-state index is 13.0. The van der Waals surface area contributed by atoms with Crippen molar-refractivity contribution in [2.75, 3.05) is 51.0 Å². The van der Waals surface area contributed by atoms with Gasteiger partial charge in [-0.2, -0.15) is 0 Å². The number of rotatable bonds is 12. The maximum Gasteiger partial charge on any atom is 0.315 e. The first-order chi connectivity index (χ1) is 19.8. The van der Waals surface area contributed by atoms with E-state index in [1.807, 2.05) is 38.1 Å². The summed E-state index contributed by atoms with van der Waals surface area (Å²) >= 11 is 1.78. The number of thiophene rings is 1. The molecule has 0 unspecified atom stereocenters. The van der Waals surface area contributed by atoms with Crippen LogP contribution in [0.5, 0.6) is 5.75 Å². The van der Waals surface area contributed by atoms with Gasteiger partial charge in [0.2, 0.25) is 12.3 Å². The zero-order valence-electron chi connectivity index (χ0n) is 24.9. The number of anilines is 1. The van der Waals surface area contributed by atoms with Crippen LogP contribution in [0.3, 0.4) is 0 Å². The minimum atomic E-state index is -0.465. The van der Waals surface area contributed by atoms with Gasteiger partial charge < -0.3 is 43.3 Å². The van der Waals surface area contributed by atoms with Gasteiger partial charge in [0, 0.05) is 27.9 Å². The molecule has 2 aromatic carbocycles. The molecule has 5 rings (SSSR count). The van der Waals surface area contributed by atoms with E-state index < -0.39 is 5.41 Å². The molecule has 7 nitrogen and oxygen atoms in total. The van der Waals surface area contributed by atoms with Crippen molar-refractivity contribution in [3.63, 3.8) is 0 Å². The number of carbonyl (C=O) groups excluding carboxylic acids is 1. The third-order valence-corrected chi connectivity index (χ3v) is 9.27. The molecule has 4 aromatic rings. The third-order valence-electron chi connectivity index (χ3n) is 8.39. The number of nitrogens with zero attached hydrogens (tertiary/aromatic N) is 2. The summed E-state index contributed by atoms with van der Waals surface area (Å²) in [4.78, 5) is 30.0. The Balaban J connectivity index is 0.00000405. The van der Waals surface area contributed by atoms with Crippen LogP contribution in [-0.2, 0) is 9.53 Å². The van der Waals surface area contributed by atoms with Crippen molar-refractivity contribution in [3.05, 3.63) is 70.3 Å². The summed E-state index contributed by atoms with van der Waals surface area (Å²) in [6.45, 7) is 11.8. The van der Waals surface area contributed by atoms with Crippen LogP contribution in [0.25, 0.3) is 21.0 Å². The lowest BCUT2D eigenvalue weighted by molar-refractivity contribution is -0.944. The number of quaternary nitrogens is 1. The Bertz CT molecular complexity index is 1540. The van der Waals surface area contributed by atoms with Gasteiger partial charge in [-0.3, -0.25) is 14.1 Å². The molecule has 9 heteroatoms. The first-order valence-corrected chi connectivity index (χ1v) is 15.7. The third kappa shape index (κ3) is 7.65. The van der Waals surface area contributed by atoms with Gasteiger partial charge in [-0.25, -0.2) is 0 Å². The Hall–Kier alpha value is -2.63. The van der Waals surface area contributed by atoms with Crippen LogP contribution in [0, 0.1) is 5.41 Å². The second-order valence-corrected chi connectivity index (χ2v) is 12.9. The van der Waals surface area contributed by atoms with Crippen molar-refractivity contribution >= 4 is 44.0 Å². The average molecular weight is 704 g/mol. The number of hydrogen-bond acceptors (Lipinski definition) is 6. The second kappa shape index (κ2) is 14.2. The number of piperazine rings is 1. The summed E-state index contributed by atoms with van der Waals surface area (Å²) in [5, 5.41) is 4.46. The number of pyridine rings is 1. The van der Waals surface area contributed by atoms with Gasteiger partial charge in [-0.1, -0.05) is 19.4 Å². The molecule has 0 amide bonds. The molecule has 1 aliphatic heterocycles. The molecule has 1 aliphatic rings. The number of unbranched alkanes of at least 4 members (excludes halogenated alkanes) is 1. The number of hydrogen-bond donors (Lipinski definition) is 1. The lowest BCUT2D eigenvalue weighted by Crippen LogP contribution is -3.00. The zero-order valence-corrected chi connectivity index (χ0v) is 27.8. The molecule has 0 aliphatic carbocycles. The van der Waals surface area contributed by atoms with Crippen LogP contribution in [0.2, 0.25) is 0 Å². The summed E-state index contributed by atoms with van der Waals surface area (Å²) in [7, 11) is 0. The topological polar surface area (TPSA) is 71.6 Å². The Kier molecular flexibility index (Phi) is 10.9. The molecule has 226 valence electrons. The van der Waals surface area contributed by atoms with Crippen LogP contribution >= 0.6 is 11.3 Å². The van der Waals surface area contributed by atoms with Gasteiger partial charge in [0.1, 0.15) is 5.75 Å². The van der Waals surface area contributed by atoms with E-state index in [1.165, 1.54) is 21.8 Å². The van der Waals surface area contributed by atoms with E-state index in [4.69, 9.17) is 9.47 Å². The van der Waals surface area contributed by atoms with Crippen molar-refractivity contribution in [1.82, 2.24) is 4.98 Å². The number of ether oxygens (including phenoxy) is 2. The van der Waals surface area contributed by atoms with Gasteiger partial charge in [0.05, 0.1) is 50.3 Å². The molecule has 1 saturated heterocycles. The summed E-state index contributed by atoms with van der Waals surface area (Å²) in [5.41, 5.74) is 1.50. The van der Waals surface area contributed by atoms with E-state index in [0.29, 0.717) is 13.3 Å². The summed E-state index contributed by atoms with van der Waals surface area (Å²) in [5.74, 6) is 0.659. The Morgan fingerprint density at radius 1 is 1.07 bits per heavy atom. The molecule has 1 fully saturated rings. The highest BCUT2D eigenvalue weighted by molar-refractivity contribution is 7.17. The van der Waals surface area contributed by atoms with Crippen molar-refractivity contribution in [1.29, 1.82) is 0 Å². The van der Waals surface area contributed by atoms with Crippen LogP contribution in [0.1, 0.15) is 46.5 Å². The molecule has 2 aromatic heterocycles. The largest absolute Gasteiger partial charge is 1.00 e. The normalized spacial score (nSPS) is 15.0. The zero-order chi connectivity index (χ0) is 28.9. The Labute approximate surface area is 269 Å². The first kappa shape index (κ1) is 32.3. The molecule has 3 heterocycles. The fraction of sp³-hybridized carbons (Fsp3) is 0.455. The fourth-order valence-electron chi connectivity index (χ4n) is 5.88. The van der Waals surface area contributed by atoms with Crippen LogP contribution in [0.4, 0.5) is 5.69 Å². The van der Waals surface area contributed by atoms with Crippen molar-refractivity contribution in [3.8, 4) is 5.75 Å². The van der Waals surface area contributed by atoms with Crippen LogP contribution < -0.4 is 39.2 Å². The van der Waals surface area contributed by atoms with Crippen molar-refractivity contribution < 1.29 is 42.7 Å². The summed E-state index contributed by atoms with van der Waals surface area (Å²) in [6.07, 6.45) is 3.65. The lowest BCUT2D eigenvalue weighted by atomic mass is 9.88. The van der Waals surface area contributed by atoms with Gasteiger partial charge >= 0.3 is 5.97 Å². The quantitative estimate of drug-likeness (QED) is 0.106. The molecule has 42 heavy (non-hydrogen) atoms. The number of carbonyl (C=O) groups is 1. The van der Waals surface area contributed by atoms with Crippen molar-refractivity contribution in [2.45, 2.75) is 46.5 Å². The smallest absolute Gasteiger partial charge is 0.315 e. The van der Waals surface area contributed by atoms with Crippen LogP contribution in [0.15, 0.2) is 64.8 Å². The Morgan fingerprint density at radius 3 is 2.64 bits per heavy atom. The number of aromatic amines is 1. The number of halogens is 1. The predicted octanol–water partition coefficient (Wildman–Crippen LogP) is 3.57. The average Bonchev–Trinajstić information content (AvgIpc) is 3.45. The maximum atomic E-state index is 13.0. The molecule has 0 radical (unpaired) electrons. The monoisotopic (exact) mass is 703 g/mol. The SMILES string of the molecule is CCCC(C)(C)C(=O)OC[N+]1(CCCCOc2ccc3ccc(=O)[nH]c3c2)CCN(c2cccc3sccc23)CC1.[I-]. The number of esters is 1. The highest BCUT2D eigenvalue weighted by Gasteiger charge is 2.36. The molecular weight excluding hydrogens is 661 g/mol. The predicted molar refractivity (Wildman–Crippen MR) is 168 cm³/mol. The van der Waals surface area contributed by atoms with Gasteiger partial charge in [0.15, 0.2) is 0 Å². The van der Waals surface area contributed by atoms with Gasteiger partial charge in [-0.05, 0) is 80.3 Å². The van der Waals surface area contributed by atoms with Gasteiger partial charge in [-0.15, -0.1) is 11.3 Å². The molecule has 1 N–H and O–H groups in total.